The summed E-state index contributed by atoms with van der Waals surface area (Å²) in [4.78, 5) is 10.6. The van der Waals surface area contributed by atoms with Crippen molar-refractivity contribution in [1.29, 1.82) is 0 Å². The predicted molar refractivity (Wildman–Crippen MR) is 62.1 cm³/mol. The summed E-state index contributed by atoms with van der Waals surface area (Å²) in [6.07, 6.45) is 3.60. The van der Waals surface area contributed by atoms with Gasteiger partial charge in [-0.25, -0.2) is 0 Å². The van der Waals surface area contributed by atoms with E-state index in [1.807, 2.05) is 4.57 Å². The topological polar surface area (TPSA) is 94.0 Å². The molecule has 0 bridgehead atoms. The van der Waals surface area contributed by atoms with Crippen molar-refractivity contribution < 1.29 is 14.4 Å². The summed E-state index contributed by atoms with van der Waals surface area (Å²) in [6.45, 7) is 0. The number of rotatable bonds is 5. The Balaban J connectivity index is 1.93. The van der Waals surface area contributed by atoms with Crippen LogP contribution in [0.25, 0.3) is 11.5 Å². The largest absolute Gasteiger partial charge is 0.481 e. The van der Waals surface area contributed by atoms with Crippen LogP contribution in [-0.4, -0.2) is 36.7 Å². The number of thioether (sulfide) groups is 1. The Bertz CT molecular complexity index is 562. The lowest BCUT2D eigenvalue weighted by Gasteiger charge is -2.05. The number of carboxylic acid groups (broad SMARTS) is 1. The second-order valence-electron chi connectivity index (χ2n) is 3.97. The molecule has 1 fully saturated rings. The van der Waals surface area contributed by atoms with Gasteiger partial charge in [0.15, 0.2) is 16.7 Å². The van der Waals surface area contributed by atoms with E-state index in [4.69, 9.17) is 9.63 Å². The van der Waals surface area contributed by atoms with E-state index in [0.717, 1.165) is 12.8 Å². The molecule has 2 heterocycles. The third-order valence-corrected chi connectivity index (χ3v) is 3.50. The Hall–Kier alpha value is -1.83. The molecule has 94 valence electrons. The minimum atomic E-state index is -0.867. The van der Waals surface area contributed by atoms with Crippen LogP contribution in [0.3, 0.4) is 0 Å². The molecule has 2 aromatic rings. The third-order valence-electron chi connectivity index (χ3n) is 2.57. The number of nitrogens with zero attached hydrogens (tertiary/aromatic N) is 4. The Morgan fingerprint density at radius 1 is 1.56 bits per heavy atom. The Kier molecular flexibility index (Phi) is 2.78. The molecule has 0 unspecified atom stereocenters. The molecule has 0 amide bonds. The highest BCUT2D eigenvalue weighted by Crippen LogP contribution is 2.40. The fourth-order valence-corrected chi connectivity index (χ4v) is 2.39. The minimum absolute atomic E-state index is 0.0241. The maximum absolute atomic E-state index is 10.6. The molecule has 0 spiro atoms. The molecule has 1 N–H and O–H groups in total. The minimum Gasteiger partial charge on any atom is -0.481 e. The van der Waals surface area contributed by atoms with Crippen molar-refractivity contribution in [3.8, 4) is 11.5 Å². The lowest BCUT2D eigenvalue weighted by molar-refractivity contribution is -0.133. The van der Waals surface area contributed by atoms with E-state index < -0.39 is 5.97 Å². The lowest BCUT2D eigenvalue weighted by atomic mass is 10.4. The first-order valence-corrected chi connectivity index (χ1v) is 6.44. The highest BCUT2D eigenvalue weighted by Gasteiger charge is 2.31. The highest BCUT2D eigenvalue weighted by molar-refractivity contribution is 7.99. The van der Waals surface area contributed by atoms with E-state index in [9.17, 15) is 4.79 Å². The first-order chi connectivity index (χ1) is 8.75. The van der Waals surface area contributed by atoms with Gasteiger partial charge < -0.3 is 9.63 Å². The summed E-state index contributed by atoms with van der Waals surface area (Å²) >= 11 is 1.17. The number of aliphatic carboxylic acids is 1. The first-order valence-electron chi connectivity index (χ1n) is 5.46. The zero-order valence-electron chi connectivity index (χ0n) is 9.31. The van der Waals surface area contributed by atoms with Gasteiger partial charge in [-0.1, -0.05) is 16.9 Å². The van der Waals surface area contributed by atoms with E-state index in [-0.39, 0.29) is 5.75 Å². The van der Waals surface area contributed by atoms with Crippen molar-refractivity contribution in [2.45, 2.75) is 24.0 Å². The molecule has 1 aliphatic carbocycles. The average Bonchev–Trinajstić information content (AvgIpc) is 2.90. The number of carbonyl (C=O) groups is 1. The molecule has 0 atom stereocenters. The molecule has 0 radical (unpaired) electrons. The SMILES string of the molecule is O=C(O)CSc1nnc(-c2ccon2)n1C1CC1. The summed E-state index contributed by atoms with van der Waals surface area (Å²) in [5.74, 6) is -0.253. The Labute approximate surface area is 106 Å². The van der Waals surface area contributed by atoms with Crippen molar-refractivity contribution in [1.82, 2.24) is 19.9 Å². The number of hydrogen-bond acceptors (Lipinski definition) is 6. The standard InChI is InChI=1S/C10H10N4O3S/c15-8(16)5-18-10-12-11-9(7-3-4-17-13-7)14(10)6-1-2-6/h3-4,6H,1-2,5H2,(H,15,16). The summed E-state index contributed by atoms with van der Waals surface area (Å²) in [5, 5.41) is 21.3. The highest BCUT2D eigenvalue weighted by atomic mass is 32.2. The van der Waals surface area contributed by atoms with E-state index in [2.05, 4.69) is 15.4 Å². The van der Waals surface area contributed by atoms with Gasteiger partial charge >= 0.3 is 5.97 Å². The van der Waals surface area contributed by atoms with Crippen LogP contribution in [0.5, 0.6) is 0 Å². The fourth-order valence-electron chi connectivity index (χ4n) is 1.67. The summed E-state index contributed by atoms with van der Waals surface area (Å²) in [6, 6.07) is 2.07. The maximum atomic E-state index is 10.6. The van der Waals surface area contributed by atoms with Gasteiger partial charge in [0, 0.05) is 12.1 Å². The van der Waals surface area contributed by atoms with Gasteiger partial charge in [-0.2, -0.15) is 0 Å². The quantitative estimate of drug-likeness (QED) is 0.818. The van der Waals surface area contributed by atoms with Crippen molar-refractivity contribution in [2.75, 3.05) is 5.75 Å². The average molecular weight is 266 g/mol. The maximum Gasteiger partial charge on any atom is 0.313 e. The zero-order valence-corrected chi connectivity index (χ0v) is 10.1. The van der Waals surface area contributed by atoms with Gasteiger partial charge in [0.2, 0.25) is 0 Å². The van der Waals surface area contributed by atoms with Crippen LogP contribution < -0.4 is 0 Å². The van der Waals surface area contributed by atoms with Gasteiger partial charge in [-0.3, -0.25) is 9.36 Å². The molecule has 3 rings (SSSR count). The van der Waals surface area contributed by atoms with Crippen LogP contribution in [0.1, 0.15) is 18.9 Å². The summed E-state index contributed by atoms with van der Waals surface area (Å²) in [5.41, 5.74) is 0.622. The van der Waals surface area contributed by atoms with Crippen LogP contribution in [0.4, 0.5) is 0 Å². The third kappa shape index (κ3) is 2.10. The molecule has 8 heteroatoms. The zero-order chi connectivity index (χ0) is 12.5. The molecule has 1 aliphatic rings. The second kappa shape index (κ2) is 4.45. The van der Waals surface area contributed by atoms with Crippen LogP contribution in [0, 0.1) is 0 Å². The number of carboxylic acids is 1. The lowest BCUT2D eigenvalue weighted by Crippen LogP contribution is -2.03. The molecular formula is C10H10N4O3S. The van der Waals surface area contributed by atoms with Crippen LogP contribution in [0.2, 0.25) is 0 Å². The number of hydrogen-bond donors (Lipinski definition) is 1. The van der Waals surface area contributed by atoms with Crippen LogP contribution in [-0.2, 0) is 4.79 Å². The normalized spacial score (nSPS) is 14.9. The van der Waals surface area contributed by atoms with Crippen molar-refractivity contribution in [3.05, 3.63) is 12.3 Å². The monoisotopic (exact) mass is 266 g/mol. The molecule has 18 heavy (non-hydrogen) atoms. The van der Waals surface area contributed by atoms with Crippen molar-refractivity contribution in [2.24, 2.45) is 0 Å². The summed E-state index contributed by atoms with van der Waals surface area (Å²) in [7, 11) is 0. The van der Waals surface area contributed by atoms with E-state index in [1.54, 1.807) is 6.07 Å². The van der Waals surface area contributed by atoms with Crippen LogP contribution >= 0.6 is 11.8 Å². The molecule has 1 saturated carbocycles. The summed E-state index contributed by atoms with van der Waals surface area (Å²) < 4.78 is 6.75. The fraction of sp³-hybridized carbons (Fsp3) is 0.400. The molecule has 0 aliphatic heterocycles. The van der Waals surface area contributed by atoms with Crippen molar-refractivity contribution in [3.63, 3.8) is 0 Å². The second-order valence-corrected chi connectivity index (χ2v) is 4.92. The molecule has 0 saturated heterocycles. The molecule has 7 nitrogen and oxygen atoms in total. The van der Waals surface area contributed by atoms with E-state index in [0.29, 0.717) is 22.7 Å². The molecule has 2 aromatic heterocycles. The smallest absolute Gasteiger partial charge is 0.313 e. The number of aromatic nitrogens is 4. The first kappa shape index (κ1) is 11.3. The van der Waals surface area contributed by atoms with E-state index in [1.165, 1.54) is 18.0 Å². The predicted octanol–water partition coefficient (Wildman–Crippen LogP) is 1.44. The van der Waals surface area contributed by atoms with E-state index >= 15 is 0 Å². The molecular weight excluding hydrogens is 256 g/mol. The molecule has 0 aromatic carbocycles. The van der Waals surface area contributed by atoms with Crippen LogP contribution in [0.15, 0.2) is 22.0 Å². The van der Waals surface area contributed by atoms with Gasteiger partial charge in [0.25, 0.3) is 0 Å². The van der Waals surface area contributed by atoms with Gasteiger partial charge in [-0.05, 0) is 12.8 Å². The van der Waals surface area contributed by atoms with Gasteiger partial charge in [-0.15, -0.1) is 10.2 Å². The van der Waals surface area contributed by atoms with Crippen molar-refractivity contribution >= 4 is 17.7 Å². The van der Waals surface area contributed by atoms with Gasteiger partial charge in [0.1, 0.15) is 6.26 Å². The Morgan fingerprint density at radius 2 is 2.39 bits per heavy atom. The Morgan fingerprint density at radius 3 is 3.00 bits per heavy atom. The van der Waals surface area contributed by atoms with Gasteiger partial charge in [0.05, 0.1) is 5.75 Å².